The molecule has 1 aliphatic heterocycles. The molecular weight excluding hydrogens is 482 g/mol. The van der Waals surface area contributed by atoms with Crippen molar-refractivity contribution < 1.29 is 9.13 Å². The van der Waals surface area contributed by atoms with Gasteiger partial charge in [-0.15, -0.1) is 24.0 Å². The molecule has 1 unspecified atom stereocenters. The van der Waals surface area contributed by atoms with E-state index >= 15 is 0 Å². The summed E-state index contributed by atoms with van der Waals surface area (Å²) in [5.41, 5.74) is 1.80. The van der Waals surface area contributed by atoms with Crippen LogP contribution in [0.2, 0.25) is 0 Å². The highest BCUT2D eigenvalue weighted by Crippen LogP contribution is 2.26. The maximum absolute atomic E-state index is 13.8. The zero-order valence-corrected chi connectivity index (χ0v) is 19.4. The van der Waals surface area contributed by atoms with Gasteiger partial charge in [0.05, 0.1) is 13.7 Å². The second-order valence-corrected chi connectivity index (χ2v) is 6.97. The van der Waals surface area contributed by atoms with Crippen molar-refractivity contribution in [2.24, 2.45) is 10.9 Å². The molecule has 7 heteroatoms. The molecular formula is C22H30FIN4O. The summed E-state index contributed by atoms with van der Waals surface area (Å²) in [4.78, 5) is 6.92. The van der Waals surface area contributed by atoms with E-state index in [1.165, 1.54) is 11.8 Å². The molecule has 1 saturated heterocycles. The van der Waals surface area contributed by atoms with E-state index in [1.54, 1.807) is 19.2 Å². The Morgan fingerprint density at radius 3 is 2.79 bits per heavy atom. The Morgan fingerprint density at radius 2 is 2.03 bits per heavy atom. The highest BCUT2D eigenvalue weighted by atomic mass is 127. The minimum Gasteiger partial charge on any atom is -0.497 e. The second-order valence-electron chi connectivity index (χ2n) is 6.97. The van der Waals surface area contributed by atoms with Crippen LogP contribution in [0.4, 0.5) is 10.1 Å². The zero-order valence-electron chi connectivity index (χ0n) is 17.0. The number of aliphatic imine (C=N–C) groups is 1. The SMILES string of the molecule is CCNC(=NCc1ccccc1F)NCC1CCN(c2cccc(OC)c2)C1.I. The third-order valence-corrected chi connectivity index (χ3v) is 4.97. The van der Waals surface area contributed by atoms with E-state index < -0.39 is 0 Å². The van der Waals surface area contributed by atoms with Gasteiger partial charge in [-0.3, -0.25) is 0 Å². The van der Waals surface area contributed by atoms with Crippen molar-refractivity contribution in [2.45, 2.75) is 19.9 Å². The molecule has 0 saturated carbocycles. The van der Waals surface area contributed by atoms with Crippen LogP contribution in [0.3, 0.4) is 0 Å². The van der Waals surface area contributed by atoms with E-state index in [4.69, 9.17) is 4.74 Å². The van der Waals surface area contributed by atoms with E-state index in [0.29, 0.717) is 18.0 Å². The Kier molecular flexibility index (Phi) is 9.50. The lowest BCUT2D eigenvalue weighted by Gasteiger charge is -2.20. The van der Waals surface area contributed by atoms with Crippen LogP contribution in [-0.4, -0.2) is 39.2 Å². The first kappa shape index (κ1) is 23.3. The van der Waals surface area contributed by atoms with Gasteiger partial charge in [0.25, 0.3) is 0 Å². The Labute approximate surface area is 189 Å². The zero-order chi connectivity index (χ0) is 19.8. The van der Waals surface area contributed by atoms with Crippen LogP contribution in [0.5, 0.6) is 5.75 Å². The molecule has 1 atom stereocenters. The fraction of sp³-hybridized carbons (Fsp3) is 0.409. The quantitative estimate of drug-likeness (QED) is 0.334. The van der Waals surface area contributed by atoms with Gasteiger partial charge in [-0.05, 0) is 37.5 Å². The topological polar surface area (TPSA) is 48.9 Å². The lowest BCUT2D eigenvalue weighted by atomic mass is 10.1. The van der Waals surface area contributed by atoms with Crippen molar-refractivity contribution in [3.63, 3.8) is 0 Å². The summed E-state index contributed by atoms with van der Waals surface area (Å²) < 4.78 is 19.1. The second kappa shape index (κ2) is 11.8. The van der Waals surface area contributed by atoms with Crippen molar-refractivity contribution >= 4 is 35.6 Å². The lowest BCUT2D eigenvalue weighted by Crippen LogP contribution is -2.40. The minimum atomic E-state index is -0.216. The van der Waals surface area contributed by atoms with Crippen LogP contribution in [0, 0.1) is 11.7 Å². The normalized spacial score (nSPS) is 16.3. The van der Waals surface area contributed by atoms with Crippen molar-refractivity contribution in [2.75, 3.05) is 38.2 Å². The molecule has 158 valence electrons. The fourth-order valence-corrected chi connectivity index (χ4v) is 3.41. The monoisotopic (exact) mass is 512 g/mol. The summed E-state index contributed by atoms with van der Waals surface area (Å²) in [7, 11) is 1.69. The van der Waals surface area contributed by atoms with Crippen LogP contribution in [-0.2, 0) is 6.54 Å². The van der Waals surface area contributed by atoms with Crippen LogP contribution in [0.1, 0.15) is 18.9 Å². The van der Waals surface area contributed by atoms with Gasteiger partial charge < -0.3 is 20.3 Å². The van der Waals surface area contributed by atoms with Crippen molar-refractivity contribution in [3.8, 4) is 5.75 Å². The summed E-state index contributed by atoms with van der Waals surface area (Å²) >= 11 is 0. The van der Waals surface area contributed by atoms with E-state index in [0.717, 1.165) is 44.3 Å². The van der Waals surface area contributed by atoms with Gasteiger partial charge in [-0.25, -0.2) is 9.38 Å². The number of nitrogens with one attached hydrogen (secondary N) is 2. The molecule has 2 aromatic rings. The number of benzene rings is 2. The molecule has 1 aliphatic rings. The first-order valence-electron chi connectivity index (χ1n) is 9.84. The van der Waals surface area contributed by atoms with Gasteiger partial charge in [0.1, 0.15) is 11.6 Å². The van der Waals surface area contributed by atoms with Gasteiger partial charge in [-0.2, -0.15) is 0 Å². The first-order valence-corrected chi connectivity index (χ1v) is 9.84. The van der Waals surface area contributed by atoms with E-state index in [-0.39, 0.29) is 29.8 Å². The number of methoxy groups -OCH3 is 1. The number of guanidine groups is 1. The number of halogens is 2. The lowest BCUT2D eigenvalue weighted by molar-refractivity contribution is 0.415. The molecule has 1 fully saturated rings. The Bertz CT molecular complexity index is 802. The van der Waals surface area contributed by atoms with Crippen LogP contribution in [0.25, 0.3) is 0 Å². The Balaban J connectivity index is 0.00000300. The fourth-order valence-electron chi connectivity index (χ4n) is 3.41. The van der Waals surface area contributed by atoms with E-state index in [9.17, 15) is 4.39 Å². The molecule has 2 aromatic carbocycles. The molecule has 0 radical (unpaired) electrons. The molecule has 3 rings (SSSR count). The van der Waals surface area contributed by atoms with E-state index in [2.05, 4.69) is 32.7 Å². The third-order valence-electron chi connectivity index (χ3n) is 4.97. The van der Waals surface area contributed by atoms with Crippen molar-refractivity contribution in [1.82, 2.24) is 10.6 Å². The largest absolute Gasteiger partial charge is 0.497 e. The first-order chi connectivity index (χ1) is 13.7. The molecule has 0 amide bonds. The van der Waals surface area contributed by atoms with Gasteiger partial charge >= 0.3 is 0 Å². The van der Waals surface area contributed by atoms with Crippen LogP contribution >= 0.6 is 24.0 Å². The highest BCUT2D eigenvalue weighted by molar-refractivity contribution is 14.0. The summed E-state index contributed by atoms with van der Waals surface area (Å²) in [6.07, 6.45) is 1.12. The predicted molar refractivity (Wildman–Crippen MR) is 128 cm³/mol. The van der Waals surface area contributed by atoms with Gasteiger partial charge in [-0.1, -0.05) is 24.3 Å². The molecule has 0 spiro atoms. The predicted octanol–water partition coefficient (Wildman–Crippen LogP) is 4.03. The van der Waals surface area contributed by atoms with Crippen LogP contribution < -0.4 is 20.3 Å². The number of ether oxygens (including phenoxy) is 1. The van der Waals surface area contributed by atoms with Gasteiger partial charge in [0, 0.05) is 43.5 Å². The molecule has 0 aromatic heterocycles. The molecule has 29 heavy (non-hydrogen) atoms. The Hall–Kier alpha value is -2.03. The Morgan fingerprint density at radius 1 is 1.21 bits per heavy atom. The summed E-state index contributed by atoms with van der Waals surface area (Å²) in [5.74, 6) is 1.93. The van der Waals surface area contributed by atoms with Gasteiger partial charge in [0.15, 0.2) is 5.96 Å². The standard InChI is InChI=1S/C22H29FN4O.HI/c1-3-24-22(26-15-18-7-4-5-10-21(18)23)25-14-17-11-12-27(16-17)19-8-6-9-20(13-19)28-2;/h4-10,13,17H,3,11-12,14-16H2,1-2H3,(H2,24,25,26);1H. The van der Waals surface area contributed by atoms with E-state index in [1.807, 2.05) is 25.1 Å². The molecule has 1 heterocycles. The smallest absolute Gasteiger partial charge is 0.191 e. The summed E-state index contributed by atoms with van der Waals surface area (Å²) in [6, 6.07) is 15.0. The van der Waals surface area contributed by atoms with Gasteiger partial charge in [0.2, 0.25) is 0 Å². The molecule has 2 N–H and O–H groups in total. The number of nitrogens with zero attached hydrogens (tertiary/aromatic N) is 2. The third kappa shape index (κ3) is 6.76. The summed E-state index contributed by atoms with van der Waals surface area (Å²) in [6.45, 7) is 5.98. The average Bonchev–Trinajstić information content (AvgIpc) is 3.20. The van der Waals surface area contributed by atoms with Crippen molar-refractivity contribution in [1.29, 1.82) is 0 Å². The number of hydrogen-bond donors (Lipinski definition) is 2. The maximum Gasteiger partial charge on any atom is 0.191 e. The average molecular weight is 512 g/mol. The van der Waals surface area contributed by atoms with Crippen LogP contribution in [0.15, 0.2) is 53.5 Å². The molecule has 0 aliphatic carbocycles. The summed E-state index contributed by atoms with van der Waals surface area (Å²) in [5, 5.41) is 6.65. The minimum absolute atomic E-state index is 0. The number of hydrogen-bond acceptors (Lipinski definition) is 3. The molecule has 0 bridgehead atoms. The highest BCUT2D eigenvalue weighted by Gasteiger charge is 2.23. The molecule has 5 nitrogen and oxygen atoms in total. The van der Waals surface area contributed by atoms with Crippen molar-refractivity contribution in [3.05, 3.63) is 59.9 Å². The number of rotatable bonds is 7. The number of anilines is 1. The maximum atomic E-state index is 13.8.